The Bertz CT molecular complexity index is 1540. The first-order valence-electron chi connectivity index (χ1n) is 11.3. The number of carbonyl (C=O) groups is 1. The molecule has 5 aromatic rings. The zero-order valence-electron chi connectivity index (χ0n) is 18.7. The van der Waals surface area contributed by atoms with Gasteiger partial charge in [0.1, 0.15) is 16.1 Å². The molecule has 0 saturated heterocycles. The van der Waals surface area contributed by atoms with Gasteiger partial charge in [0.2, 0.25) is 0 Å². The summed E-state index contributed by atoms with van der Waals surface area (Å²) < 4.78 is 1.13. The summed E-state index contributed by atoms with van der Waals surface area (Å²) in [6.07, 6.45) is 0.818. The largest absolute Gasteiger partial charge is 0.312 e. The van der Waals surface area contributed by atoms with Gasteiger partial charge in [-0.1, -0.05) is 42.5 Å². The molecule has 1 aliphatic heterocycles. The highest BCUT2D eigenvalue weighted by Crippen LogP contribution is 2.38. The lowest BCUT2D eigenvalue weighted by atomic mass is 10.0. The fourth-order valence-electron chi connectivity index (χ4n) is 4.36. The number of carbonyl (C=O) groups excluding carboxylic acids is 1. The quantitative estimate of drug-likeness (QED) is 0.282. The molecule has 1 amide bonds. The molecule has 8 heteroatoms. The Morgan fingerprint density at radius 3 is 2.69 bits per heavy atom. The van der Waals surface area contributed by atoms with Gasteiger partial charge in [0, 0.05) is 24.5 Å². The van der Waals surface area contributed by atoms with E-state index in [9.17, 15) is 10.1 Å². The van der Waals surface area contributed by atoms with Gasteiger partial charge in [0.25, 0.3) is 5.91 Å². The second-order valence-electron chi connectivity index (χ2n) is 8.37. The number of nitrogens with zero attached hydrogens (tertiary/aromatic N) is 3. The zero-order valence-corrected chi connectivity index (χ0v) is 21.1. The molecule has 0 saturated carbocycles. The molecular weight excluding hydrogens is 493 g/mol. The standard InChI is InChI=1S/C27H20N4OS3/c28-14-19-18-12-13-31(15-17-6-2-1-3-7-17)16-24(18)35-26(19)30-25(32)22-10-11-23(33-22)27-29-20-8-4-5-9-21(20)34-27/h1-11H,12-13,15-16H2,(H,30,32). The Labute approximate surface area is 214 Å². The molecule has 172 valence electrons. The first kappa shape index (κ1) is 22.1. The highest BCUT2D eigenvalue weighted by atomic mass is 32.1. The van der Waals surface area contributed by atoms with Crippen LogP contribution in [0.5, 0.6) is 0 Å². The normalized spacial score (nSPS) is 13.5. The third kappa shape index (κ3) is 4.40. The van der Waals surface area contributed by atoms with E-state index in [0.29, 0.717) is 15.4 Å². The molecular formula is C27H20N4OS3. The summed E-state index contributed by atoms with van der Waals surface area (Å²) in [5.74, 6) is -0.182. The molecule has 1 aliphatic rings. The summed E-state index contributed by atoms with van der Waals surface area (Å²) in [6, 6.07) is 24.6. The lowest BCUT2D eigenvalue weighted by Crippen LogP contribution is -2.29. The van der Waals surface area contributed by atoms with Gasteiger partial charge in [-0.2, -0.15) is 5.26 Å². The molecule has 6 rings (SSSR count). The fraction of sp³-hybridized carbons (Fsp3) is 0.148. The van der Waals surface area contributed by atoms with Crippen LogP contribution in [0.15, 0.2) is 66.7 Å². The Morgan fingerprint density at radius 2 is 1.86 bits per heavy atom. The zero-order chi connectivity index (χ0) is 23.8. The molecule has 35 heavy (non-hydrogen) atoms. The topological polar surface area (TPSA) is 69.0 Å². The number of anilines is 1. The number of amides is 1. The number of benzene rings is 2. The number of thiazole rings is 1. The first-order valence-corrected chi connectivity index (χ1v) is 13.7. The Balaban J connectivity index is 1.20. The van der Waals surface area contributed by atoms with Gasteiger partial charge in [-0.3, -0.25) is 9.69 Å². The number of hydrogen-bond acceptors (Lipinski definition) is 7. The number of fused-ring (bicyclic) bond motifs is 2. The maximum absolute atomic E-state index is 13.1. The van der Waals surface area contributed by atoms with Crippen molar-refractivity contribution in [3.05, 3.63) is 93.2 Å². The average Bonchev–Trinajstić information content (AvgIpc) is 3.60. The van der Waals surface area contributed by atoms with Crippen LogP contribution in [0, 0.1) is 11.3 Å². The number of hydrogen-bond donors (Lipinski definition) is 1. The van der Waals surface area contributed by atoms with Gasteiger partial charge in [0.15, 0.2) is 0 Å². The fourth-order valence-corrected chi connectivity index (χ4v) is 7.51. The highest BCUT2D eigenvalue weighted by molar-refractivity contribution is 7.26. The number of rotatable bonds is 5. The minimum atomic E-state index is -0.182. The molecule has 0 spiro atoms. The molecule has 0 fully saturated rings. The SMILES string of the molecule is N#Cc1c(NC(=O)c2ccc(-c3nc4ccccc4s3)s2)sc2c1CCN(Cc1ccccc1)C2. The molecule has 0 bridgehead atoms. The first-order chi connectivity index (χ1) is 17.2. The molecule has 2 aromatic carbocycles. The van der Waals surface area contributed by atoms with Crippen molar-refractivity contribution in [2.45, 2.75) is 19.5 Å². The van der Waals surface area contributed by atoms with Gasteiger partial charge in [-0.15, -0.1) is 34.0 Å². The van der Waals surface area contributed by atoms with Gasteiger partial charge in [0.05, 0.1) is 25.5 Å². The number of para-hydroxylation sites is 1. The van der Waals surface area contributed by atoms with E-state index in [1.807, 2.05) is 36.4 Å². The van der Waals surface area contributed by atoms with Crippen LogP contribution in [0.4, 0.5) is 5.00 Å². The van der Waals surface area contributed by atoms with Crippen LogP contribution in [-0.2, 0) is 19.5 Å². The number of nitriles is 1. The molecule has 5 nitrogen and oxygen atoms in total. The maximum Gasteiger partial charge on any atom is 0.266 e. The summed E-state index contributed by atoms with van der Waals surface area (Å²) in [5.41, 5.74) is 3.94. The Kier molecular flexibility index (Phi) is 5.92. The van der Waals surface area contributed by atoms with Crippen LogP contribution in [-0.4, -0.2) is 22.3 Å². The minimum absolute atomic E-state index is 0.182. The van der Waals surface area contributed by atoms with Gasteiger partial charge >= 0.3 is 0 Å². The molecule has 0 radical (unpaired) electrons. The average molecular weight is 513 g/mol. The minimum Gasteiger partial charge on any atom is -0.312 e. The van der Waals surface area contributed by atoms with Crippen molar-refractivity contribution in [3.8, 4) is 16.0 Å². The smallest absolute Gasteiger partial charge is 0.266 e. The molecule has 0 unspecified atom stereocenters. The van der Waals surface area contributed by atoms with Gasteiger partial charge in [-0.05, 0) is 41.8 Å². The van der Waals surface area contributed by atoms with E-state index in [4.69, 9.17) is 4.98 Å². The van der Waals surface area contributed by atoms with Crippen LogP contribution in [0.1, 0.15) is 31.2 Å². The summed E-state index contributed by atoms with van der Waals surface area (Å²) >= 11 is 4.58. The second kappa shape index (κ2) is 9.36. The third-order valence-electron chi connectivity index (χ3n) is 6.06. The summed E-state index contributed by atoms with van der Waals surface area (Å²) in [7, 11) is 0. The van der Waals surface area contributed by atoms with Crippen molar-refractivity contribution in [1.29, 1.82) is 5.26 Å². The second-order valence-corrected chi connectivity index (χ2v) is 11.6. The monoisotopic (exact) mass is 512 g/mol. The van der Waals surface area contributed by atoms with Crippen LogP contribution >= 0.6 is 34.0 Å². The van der Waals surface area contributed by atoms with E-state index in [2.05, 4.69) is 46.6 Å². The molecule has 3 aromatic heterocycles. The van der Waals surface area contributed by atoms with Crippen molar-refractivity contribution in [2.75, 3.05) is 11.9 Å². The maximum atomic E-state index is 13.1. The van der Waals surface area contributed by atoms with Crippen LogP contribution in [0.2, 0.25) is 0 Å². The number of aromatic nitrogens is 1. The van der Waals surface area contributed by atoms with Crippen molar-refractivity contribution in [1.82, 2.24) is 9.88 Å². The van der Waals surface area contributed by atoms with E-state index in [1.165, 1.54) is 33.1 Å². The Morgan fingerprint density at radius 1 is 1.03 bits per heavy atom. The Hall–Kier alpha value is -3.35. The number of thiophene rings is 2. The molecule has 4 heterocycles. The molecule has 0 atom stereocenters. The van der Waals surface area contributed by atoms with E-state index in [-0.39, 0.29) is 5.91 Å². The predicted octanol–water partition coefficient (Wildman–Crippen LogP) is 6.77. The van der Waals surface area contributed by atoms with Crippen molar-refractivity contribution < 1.29 is 4.79 Å². The van der Waals surface area contributed by atoms with Crippen molar-refractivity contribution >= 4 is 55.1 Å². The molecule has 0 aliphatic carbocycles. The van der Waals surface area contributed by atoms with Gasteiger partial charge in [-0.25, -0.2) is 4.98 Å². The predicted molar refractivity (Wildman–Crippen MR) is 144 cm³/mol. The van der Waals surface area contributed by atoms with Gasteiger partial charge < -0.3 is 5.32 Å². The van der Waals surface area contributed by atoms with E-state index < -0.39 is 0 Å². The van der Waals surface area contributed by atoms with Crippen LogP contribution < -0.4 is 5.32 Å². The van der Waals surface area contributed by atoms with Crippen molar-refractivity contribution in [3.63, 3.8) is 0 Å². The van der Waals surface area contributed by atoms with Crippen LogP contribution in [0.3, 0.4) is 0 Å². The molecule has 1 N–H and O–H groups in total. The van der Waals surface area contributed by atoms with Crippen molar-refractivity contribution in [2.24, 2.45) is 0 Å². The lowest BCUT2D eigenvalue weighted by molar-refractivity contribution is 0.103. The highest BCUT2D eigenvalue weighted by Gasteiger charge is 2.26. The van der Waals surface area contributed by atoms with E-state index in [0.717, 1.165) is 51.7 Å². The van der Waals surface area contributed by atoms with E-state index >= 15 is 0 Å². The summed E-state index contributed by atoms with van der Waals surface area (Å²) in [4.78, 5) is 22.9. The summed E-state index contributed by atoms with van der Waals surface area (Å²) in [6.45, 7) is 2.57. The summed E-state index contributed by atoms with van der Waals surface area (Å²) in [5, 5.41) is 14.4. The lowest BCUT2D eigenvalue weighted by Gasteiger charge is -2.26. The van der Waals surface area contributed by atoms with E-state index in [1.54, 1.807) is 11.3 Å². The number of nitrogens with one attached hydrogen (secondary N) is 1. The van der Waals surface area contributed by atoms with Crippen LogP contribution in [0.25, 0.3) is 20.1 Å². The third-order valence-corrected chi connectivity index (χ3v) is 9.48.